The molecule has 3 rings (SSSR count). The molecule has 0 fully saturated rings. The number of carbonyl (C=O) groups excluding carboxylic acids is 2. The van der Waals surface area contributed by atoms with Crippen LogP contribution in [0.15, 0.2) is 33.8 Å². The first-order valence-corrected chi connectivity index (χ1v) is 8.49. The largest absolute Gasteiger partial charge is 0.479 e. The molecule has 2 amide bonds. The van der Waals surface area contributed by atoms with E-state index in [1.54, 1.807) is 12.1 Å². The Bertz CT molecular complexity index is 742. The zero-order valence-electron chi connectivity index (χ0n) is 13.0. The van der Waals surface area contributed by atoms with Crippen LogP contribution in [0, 0.1) is 0 Å². The standard InChI is InChI=1S/C17H16BrNO5/c1-9(17(22)23)24-14-8-10(6-7-13(14)18)19-15(20)11-4-2-3-5-12(11)16(19)21/h6-9H,2-5H2,1H3,(H,22,23). The molecule has 1 atom stereocenters. The molecule has 1 aromatic carbocycles. The van der Waals surface area contributed by atoms with E-state index in [-0.39, 0.29) is 17.6 Å². The summed E-state index contributed by atoms with van der Waals surface area (Å²) in [6, 6.07) is 4.78. The SMILES string of the molecule is CC(Oc1cc(N2C(=O)C3=C(CCCC3)C2=O)ccc1Br)C(=O)O. The maximum absolute atomic E-state index is 12.6. The molecule has 24 heavy (non-hydrogen) atoms. The number of hydrogen-bond donors (Lipinski definition) is 1. The van der Waals surface area contributed by atoms with E-state index in [1.807, 2.05) is 0 Å². The number of ether oxygens (including phenoxy) is 1. The van der Waals surface area contributed by atoms with Gasteiger partial charge in [0.1, 0.15) is 5.75 Å². The van der Waals surface area contributed by atoms with Crippen molar-refractivity contribution in [2.75, 3.05) is 4.90 Å². The molecule has 2 aliphatic rings. The first-order chi connectivity index (χ1) is 11.4. The summed E-state index contributed by atoms with van der Waals surface area (Å²) in [4.78, 5) is 37.3. The number of carboxylic acids is 1. The summed E-state index contributed by atoms with van der Waals surface area (Å²) < 4.78 is 5.94. The molecular formula is C17H16BrNO5. The lowest BCUT2D eigenvalue weighted by Gasteiger charge is -2.18. The Kier molecular flexibility index (Phi) is 4.45. The van der Waals surface area contributed by atoms with Crippen LogP contribution >= 0.6 is 15.9 Å². The zero-order valence-corrected chi connectivity index (χ0v) is 14.6. The normalized spacial score (nSPS) is 18.7. The van der Waals surface area contributed by atoms with Gasteiger partial charge in [-0.25, -0.2) is 9.69 Å². The highest BCUT2D eigenvalue weighted by Crippen LogP contribution is 2.38. The molecule has 0 aromatic heterocycles. The Labute approximate surface area is 147 Å². The highest BCUT2D eigenvalue weighted by atomic mass is 79.9. The van der Waals surface area contributed by atoms with Crippen LogP contribution in [0.3, 0.4) is 0 Å². The van der Waals surface area contributed by atoms with Crippen LogP contribution in [0.1, 0.15) is 32.6 Å². The van der Waals surface area contributed by atoms with E-state index in [9.17, 15) is 14.4 Å². The average Bonchev–Trinajstić information content (AvgIpc) is 2.81. The predicted octanol–water partition coefficient (Wildman–Crippen LogP) is 3.04. The smallest absolute Gasteiger partial charge is 0.344 e. The molecular weight excluding hydrogens is 378 g/mol. The molecule has 1 aliphatic heterocycles. The molecule has 0 saturated heterocycles. The minimum Gasteiger partial charge on any atom is -0.479 e. The van der Waals surface area contributed by atoms with Crippen molar-refractivity contribution in [1.29, 1.82) is 0 Å². The summed E-state index contributed by atoms with van der Waals surface area (Å²) >= 11 is 3.29. The van der Waals surface area contributed by atoms with Crippen LogP contribution in [-0.2, 0) is 14.4 Å². The lowest BCUT2D eigenvalue weighted by Crippen LogP contribution is -2.31. The van der Waals surface area contributed by atoms with E-state index in [2.05, 4.69) is 15.9 Å². The number of carbonyl (C=O) groups is 3. The zero-order chi connectivity index (χ0) is 17.4. The summed E-state index contributed by atoms with van der Waals surface area (Å²) in [6.07, 6.45) is 2.04. The number of rotatable bonds is 4. The molecule has 1 N–H and O–H groups in total. The van der Waals surface area contributed by atoms with E-state index in [1.165, 1.54) is 13.0 Å². The fraction of sp³-hybridized carbons (Fsp3) is 0.353. The van der Waals surface area contributed by atoms with Crippen LogP contribution in [0.5, 0.6) is 5.75 Å². The predicted molar refractivity (Wildman–Crippen MR) is 89.9 cm³/mol. The van der Waals surface area contributed by atoms with Gasteiger partial charge in [0.2, 0.25) is 0 Å². The van der Waals surface area contributed by atoms with Crippen LogP contribution in [0.4, 0.5) is 5.69 Å². The third-order valence-corrected chi connectivity index (χ3v) is 4.87. The molecule has 1 aliphatic carbocycles. The number of aliphatic carboxylic acids is 1. The number of amides is 2. The minimum atomic E-state index is -1.10. The Hall–Kier alpha value is -2.15. The van der Waals surface area contributed by atoms with Crippen molar-refractivity contribution in [3.8, 4) is 5.75 Å². The van der Waals surface area contributed by atoms with Gasteiger partial charge in [0.05, 0.1) is 10.2 Å². The molecule has 0 saturated carbocycles. The van der Waals surface area contributed by atoms with Crippen molar-refractivity contribution in [3.63, 3.8) is 0 Å². The van der Waals surface area contributed by atoms with Crippen LogP contribution in [0.25, 0.3) is 0 Å². The van der Waals surface area contributed by atoms with Crippen molar-refractivity contribution in [1.82, 2.24) is 0 Å². The number of anilines is 1. The maximum Gasteiger partial charge on any atom is 0.344 e. The lowest BCUT2D eigenvalue weighted by molar-refractivity contribution is -0.144. The van der Waals surface area contributed by atoms with Crippen molar-refractivity contribution >= 4 is 39.4 Å². The molecule has 1 heterocycles. The van der Waals surface area contributed by atoms with Gasteiger partial charge in [0, 0.05) is 17.2 Å². The Morgan fingerprint density at radius 3 is 2.33 bits per heavy atom. The number of carboxylic acid groups (broad SMARTS) is 1. The van der Waals surface area contributed by atoms with Crippen LogP contribution in [-0.4, -0.2) is 29.0 Å². The monoisotopic (exact) mass is 393 g/mol. The van der Waals surface area contributed by atoms with Gasteiger partial charge in [-0.1, -0.05) is 0 Å². The summed E-state index contributed by atoms with van der Waals surface area (Å²) in [5, 5.41) is 8.97. The second kappa shape index (κ2) is 6.39. The Morgan fingerprint density at radius 1 is 1.21 bits per heavy atom. The van der Waals surface area contributed by atoms with Gasteiger partial charge in [-0.2, -0.15) is 0 Å². The molecule has 0 spiro atoms. The summed E-state index contributed by atoms with van der Waals surface area (Å²) in [7, 11) is 0. The van der Waals surface area contributed by atoms with Gasteiger partial charge in [-0.05, 0) is 60.7 Å². The number of hydrogen-bond acceptors (Lipinski definition) is 4. The fourth-order valence-electron chi connectivity index (χ4n) is 2.94. The van der Waals surface area contributed by atoms with E-state index < -0.39 is 12.1 Å². The molecule has 0 bridgehead atoms. The molecule has 6 nitrogen and oxygen atoms in total. The topological polar surface area (TPSA) is 83.9 Å². The molecule has 1 unspecified atom stereocenters. The Morgan fingerprint density at radius 2 is 1.79 bits per heavy atom. The molecule has 0 radical (unpaired) electrons. The van der Waals surface area contributed by atoms with Gasteiger partial charge >= 0.3 is 5.97 Å². The van der Waals surface area contributed by atoms with Gasteiger partial charge < -0.3 is 9.84 Å². The van der Waals surface area contributed by atoms with E-state index >= 15 is 0 Å². The lowest BCUT2D eigenvalue weighted by atomic mass is 9.93. The van der Waals surface area contributed by atoms with Crippen molar-refractivity contribution < 1.29 is 24.2 Å². The third kappa shape index (κ3) is 2.84. The number of halogens is 1. The van der Waals surface area contributed by atoms with Crippen molar-refractivity contribution in [3.05, 3.63) is 33.8 Å². The van der Waals surface area contributed by atoms with Crippen molar-refractivity contribution in [2.24, 2.45) is 0 Å². The first kappa shape index (κ1) is 16.7. The van der Waals surface area contributed by atoms with Gasteiger partial charge in [0.15, 0.2) is 6.10 Å². The number of benzene rings is 1. The Balaban J connectivity index is 1.92. The highest BCUT2D eigenvalue weighted by Gasteiger charge is 2.39. The van der Waals surface area contributed by atoms with Crippen LogP contribution in [0.2, 0.25) is 0 Å². The van der Waals surface area contributed by atoms with Gasteiger partial charge in [0.25, 0.3) is 11.8 Å². The fourth-order valence-corrected chi connectivity index (χ4v) is 3.28. The quantitative estimate of drug-likeness (QED) is 0.794. The van der Waals surface area contributed by atoms with Gasteiger partial charge in [-0.3, -0.25) is 9.59 Å². The number of imide groups is 1. The van der Waals surface area contributed by atoms with E-state index in [4.69, 9.17) is 9.84 Å². The summed E-state index contributed by atoms with van der Waals surface area (Å²) in [6.45, 7) is 1.41. The molecule has 126 valence electrons. The third-order valence-electron chi connectivity index (χ3n) is 4.21. The van der Waals surface area contributed by atoms with Crippen molar-refractivity contribution in [2.45, 2.75) is 38.7 Å². The molecule has 7 heteroatoms. The summed E-state index contributed by atoms with van der Waals surface area (Å²) in [5.74, 6) is -1.39. The first-order valence-electron chi connectivity index (χ1n) is 7.70. The van der Waals surface area contributed by atoms with Crippen LogP contribution < -0.4 is 9.64 Å². The number of nitrogens with zero attached hydrogens (tertiary/aromatic N) is 1. The molecule has 1 aromatic rings. The highest BCUT2D eigenvalue weighted by molar-refractivity contribution is 9.10. The maximum atomic E-state index is 12.6. The minimum absolute atomic E-state index is 0.271. The van der Waals surface area contributed by atoms with E-state index in [0.29, 0.717) is 34.1 Å². The van der Waals surface area contributed by atoms with Gasteiger partial charge in [-0.15, -0.1) is 0 Å². The van der Waals surface area contributed by atoms with E-state index in [0.717, 1.165) is 17.7 Å². The average molecular weight is 394 g/mol. The second-order valence-electron chi connectivity index (χ2n) is 5.82. The summed E-state index contributed by atoms with van der Waals surface area (Å²) in [5.41, 5.74) is 1.60. The second-order valence-corrected chi connectivity index (χ2v) is 6.68.